The summed E-state index contributed by atoms with van der Waals surface area (Å²) < 4.78 is 13.1. The zero-order valence-electron chi connectivity index (χ0n) is 11.6. The number of rotatable bonds is 6. The highest BCUT2D eigenvalue weighted by Gasteiger charge is 2.39. The molecule has 3 rings (SSSR count). The molecular formula is C16H23FN2. The van der Waals surface area contributed by atoms with Gasteiger partial charge in [-0.25, -0.2) is 4.39 Å². The lowest BCUT2D eigenvalue weighted by Crippen LogP contribution is -2.41. The predicted octanol–water partition coefficient (Wildman–Crippen LogP) is 3.09. The Morgan fingerprint density at radius 3 is 2.32 bits per heavy atom. The van der Waals surface area contributed by atoms with Crippen molar-refractivity contribution in [2.24, 2.45) is 11.7 Å². The second-order valence-corrected chi connectivity index (χ2v) is 6.23. The van der Waals surface area contributed by atoms with Crippen LogP contribution in [-0.4, -0.2) is 23.5 Å². The molecule has 2 N–H and O–H groups in total. The van der Waals surface area contributed by atoms with Gasteiger partial charge in [0.2, 0.25) is 0 Å². The van der Waals surface area contributed by atoms with Gasteiger partial charge < -0.3 is 5.73 Å². The van der Waals surface area contributed by atoms with Crippen molar-refractivity contribution in [2.45, 2.75) is 50.7 Å². The van der Waals surface area contributed by atoms with Gasteiger partial charge in [-0.3, -0.25) is 4.90 Å². The summed E-state index contributed by atoms with van der Waals surface area (Å²) in [4.78, 5) is 2.58. The first-order valence-electron chi connectivity index (χ1n) is 7.42. The number of hydrogen-bond donors (Lipinski definition) is 1. The molecule has 0 heterocycles. The third-order valence-electron chi connectivity index (χ3n) is 4.25. The van der Waals surface area contributed by atoms with Crippen molar-refractivity contribution in [1.82, 2.24) is 4.90 Å². The minimum absolute atomic E-state index is 0.0739. The molecule has 0 aromatic heterocycles. The third kappa shape index (κ3) is 3.15. The monoisotopic (exact) mass is 262 g/mol. The van der Waals surface area contributed by atoms with E-state index in [1.54, 1.807) is 12.1 Å². The fourth-order valence-electron chi connectivity index (χ4n) is 2.95. The van der Waals surface area contributed by atoms with E-state index < -0.39 is 0 Å². The first-order valence-corrected chi connectivity index (χ1v) is 7.42. The van der Waals surface area contributed by atoms with Crippen molar-refractivity contribution >= 4 is 0 Å². The number of benzene rings is 1. The Balaban J connectivity index is 1.82. The molecule has 2 saturated carbocycles. The summed E-state index contributed by atoms with van der Waals surface area (Å²) in [5, 5.41) is 0. The van der Waals surface area contributed by atoms with Gasteiger partial charge in [0.1, 0.15) is 5.82 Å². The molecule has 1 aromatic rings. The van der Waals surface area contributed by atoms with Crippen LogP contribution < -0.4 is 5.73 Å². The van der Waals surface area contributed by atoms with E-state index in [4.69, 9.17) is 5.73 Å². The summed E-state index contributed by atoms with van der Waals surface area (Å²) >= 11 is 0. The Labute approximate surface area is 114 Å². The Morgan fingerprint density at radius 2 is 1.84 bits per heavy atom. The van der Waals surface area contributed by atoms with Crippen LogP contribution in [0.2, 0.25) is 0 Å². The van der Waals surface area contributed by atoms with Crippen LogP contribution in [-0.2, 0) is 0 Å². The predicted molar refractivity (Wildman–Crippen MR) is 75.2 cm³/mol. The summed E-state index contributed by atoms with van der Waals surface area (Å²) in [6, 6.07) is 7.89. The van der Waals surface area contributed by atoms with E-state index in [0.29, 0.717) is 6.04 Å². The van der Waals surface area contributed by atoms with Crippen LogP contribution in [0, 0.1) is 11.7 Å². The van der Waals surface area contributed by atoms with Crippen molar-refractivity contribution in [3.8, 4) is 0 Å². The molecule has 104 valence electrons. The van der Waals surface area contributed by atoms with Gasteiger partial charge in [0.05, 0.1) is 0 Å². The molecule has 2 fully saturated rings. The topological polar surface area (TPSA) is 29.3 Å². The molecule has 1 aromatic carbocycles. The molecule has 2 aliphatic rings. The Morgan fingerprint density at radius 1 is 1.21 bits per heavy atom. The Hall–Kier alpha value is -0.930. The molecule has 3 heteroatoms. The molecule has 2 nitrogen and oxygen atoms in total. The summed E-state index contributed by atoms with van der Waals surface area (Å²) in [6.45, 7) is 3.23. The van der Waals surface area contributed by atoms with E-state index in [9.17, 15) is 4.39 Å². The molecule has 0 saturated heterocycles. The second-order valence-electron chi connectivity index (χ2n) is 6.23. The fourth-order valence-corrected chi connectivity index (χ4v) is 2.95. The highest BCUT2D eigenvalue weighted by Crippen LogP contribution is 2.40. The van der Waals surface area contributed by atoms with Gasteiger partial charge in [-0.1, -0.05) is 12.1 Å². The summed E-state index contributed by atoms with van der Waals surface area (Å²) in [7, 11) is 0. The van der Waals surface area contributed by atoms with Crippen molar-refractivity contribution in [2.75, 3.05) is 6.54 Å². The molecule has 2 aliphatic carbocycles. The summed E-state index contributed by atoms with van der Waals surface area (Å²) in [5.41, 5.74) is 7.39. The van der Waals surface area contributed by atoms with Crippen LogP contribution in [0.25, 0.3) is 0 Å². The van der Waals surface area contributed by atoms with Crippen molar-refractivity contribution in [3.05, 3.63) is 35.6 Å². The van der Waals surface area contributed by atoms with E-state index in [1.807, 2.05) is 12.1 Å². The smallest absolute Gasteiger partial charge is 0.123 e. The zero-order valence-corrected chi connectivity index (χ0v) is 11.6. The second kappa shape index (κ2) is 5.22. The quantitative estimate of drug-likeness (QED) is 0.853. The Kier molecular flexibility index (Phi) is 3.59. The average molecular weight is 262 g/mol. The molecule has 0 spiro atoms. The van der Waals surface area contributed by atoms with Crippen LogP contribution in [0.4, 0.5) is 4.39 Å². The molecule has 0 radical (unpaired) electrons. The van der Waals surface area contributed by atoms with Gasteiger partial charge in [-0.2, -0.15) is 0 Å². The standard InChI is InChI=1S/C16H23FN2/c1-11(18)16(13-4-6-14(17)7-5-13)19(15-8-9-15)10-12-2-3-12/h4-7,11-12,15-16H,2-3,8-10,18H2,1H3. The van der Waals surface area contributed by atoms with Crippen LogP contribution in [0.15, 0.2) is 24.3 Å². The van der Waals surface area contributed by atoms with Crippen molar-refractivity contribution in [3.63, 3.8) is 0 Å². The third-order valence-corrected chi connectivity index (χ3v) is 4.25. The number of hydrogen-bond acceptors (Lipinski definition) is 2. The van der Waals surface area contributed by atoms with Crippen molar-refractivity contribution < 1.29 is 4.39 Å². The van der Waals surface area contributed by atoms with Gasteiger partial charge in [-0.05, 0) is 56.2 Å². The van der Waals surface area contributed by atoms with E-state index in [0.717, 1.165) is 18.0 Å². The number of nitrogens with two attached hydrogens (primary N) is 1. The average Bonchev–Trinajstić information content (AvgIpc) is 3.25. The van der Waals surface area contributed by atoms with Crippen LogP contribution in [0.1, 0.15) is 44.2 Å². The minimum Gasteiger partial charge on any atom is -0.326 e. The Bertz CT molecular complexity index is 421. The molecule has 2 unspecified atom stereocenters. The fraction of sp³-hybridized carbons (Fsp3) is 0.625. The maximum absolute atomic E-state index is 13.1. The maximum Gasteiger partial charge on any atom is 0.123 e. The molecular weight excluding hydrogens is 239 g/mol. The molecule has 2 atom stereocenters. The van der Waals surface area contributed by atoms with E-state index >= 15 is 0 Å². The molecule has 19 heavy (non-hydrogen) atoms. The van der Waals surface area contributed by atoms with E-state index in [1.165, 1.54) is 25.7 Å². The van der Waals surface area contributed by atoms with Crippen molar-refractivity contribution in [1.29, 1.82) is 0 Å². The van der Waals surface area contributed by atoms with Crippen LogP contribution >= 0.6 is 0 Å². The molecule has 0 amide bonds. The largest absolute Gasteiger partial charge is 0.326 e. The lowest BCUT2D eigenvalue weighted by Gasteiger charge is -2.35. The van der Waals surface area contributed by atoms with Crippen LogP contribution in [0.5, 0.6) is 0 Å². The first kappa shape index (κ1) is 13.1. The SMILES string of the molecule is CC(N)C(c1ccc(F)cc1)N(CC1CC1)C1CC1. The minimum atomic E-state index is -0.174. The van der Waals surface area contributed by atoms with E-state index in [2.05, 4.69) is 11.8 Å². The lowest BCUT2D eigenvalue weighted by molar-refractivity contribution is 0.159. The van der Waals surface area contributed by atoms with Gasteiger partial charge >= 0.3 is 0 Å². The van der Waals surface area contributed by atoms with Gasteiger partial charge in [0, 0.05) is 24.7 Å². The van der Waals surface area contributed by atoms with E-state index in [-0.39, 0.29) is 17.9 Å². The van der Waals surface area contributed by atoms with Gasteiger partial charge in [0.15, 0.2) is 0 Å². The normalized spacial score (nSPS) is 22.5. The molecule has 0 aliphatic heterocycles. The zero-order chi connectivity index (χ0) is 13.4. The van der Waals surface area contributed by atoms with Crippen LogP contribution in [0.3, 0.4) is 0 Å². The van der Waals surface area contributed by atoms with Gasteiger partial charge in [-0.15, -0.1) is 0 Å². The van der Waals surface area contributed by atoms with Gasteiger partial charge in [0.25, 0.3) is 0 Å². The summed E-state index contributed by atoms with van der Waals surface area (Å²) in [5.74, 6) is 0.689. The highest BCUT2D eigenvalue weighted by molar-refractivity contribution is 5.22. The number of halogens is 1. The first-order chi connectivity index (χ1) is 9.15. The maximum atomic E-state index is 13.1. The summed E-state index contributed by atoms with van der Waals surface area (Å²) in [6.07, 6.45) is 5.30. The lowest BCUT2D eigenvalue weighted by atomic mass is 9.98. The highest BCUT2D eigenvalue weighted by atomic mass is 19.1. The molecule has 0 bridgehead atoms. The number of nitrogens with zero attached hydrogens (tertiary/aromatic N) is 1.